The van der Waals surface area contributed by atoms with Crippen molar-refractivity contribution in [3.8, 4) is 0 Å². The molecule has 0 bridgehead atoms. The minimum absolute atomic E-state index is 0.163. The first-order valence-corrected chi connectivity index (χ1v) is 10.0. The zero-order valence-electron chi connectivity index (χ0n) is 14.7. The number of carbonyl (C=O) groups is 1. The number of carbonyl (C=O) groups excluding carboxylic acids is 1. The van der Waals surface area contributed by atoms with E-state index in [4.69, 9.17) is 0 Å². The molecule has 0 radical (unpaired) electrons. The highest BCUT2D eigenvalue weighted by atomic mass is 32.1. The standard InChI is InChI=1S/C20H25N3OS/c1-2-14-4-3-5-15(10-14)11-16-13-22-19(25-16)23-18(24)17-12-20(17)6-8-21-9-7-20/h3-5,10,13,17,21H,2,6-9,11-12H2,1H3,(H,22,23,24). The number of aryl methyl sites for hydroxylation is 1. The van der Waals surface area contributed by atoms with Crippen molar-refractivity contribution in [1.29, 1.82) is 0 Å². The number of piperidine rings is 1. The molecular formula is C20H25N3OS. The molecule has 2 heterocycles. The van der Waals surface area contributed by atoms with E-state index >= 15 is 0 Å². The predicted molar refractivity (Wildman–Crippen MR) is 102 cm³/mol. The summed E-state index contributed by atoms with van der Waals surface area (Å²) in [5.41, 5.74) is 2.93. The highest BCUT2D eigenvalue weighted by molar-refractivity contribution is 7.15. The highest BCUT2D eigenvalue weighted by Gasteiger charge is 2.57. The second-order valence-corrected chi connectivity index (χ2v) is 8.46. The number of anilines is 1. The molecule has 2 aliphatic rings. The lowest BCUT2D eigenvalue weighted by molar-refractivity contribution is -0.118. The van der Waals surface area contributed by atoms with Crippen molar-refractivity contribution in [3.05, 3.63) is 46.5 Å². The van der Waals surface area contributed by atoms with Gasteiger partial charge in [0.1, 0.15) is 0 Å². The molecule has 5 heteroatoms. The third-order valence-electron chi connectivity index (χ3n) is 5.67. The van der Waals surface area contributed by atoms with Gasteiger partial charge in [-0.2, -0.15) is 0 Å². The van der Waals surface area contributed by atoms with Crippen molar-refractivity contribution in [2.75, 3.05) is 18.4 Å². The van der Waals surface area contributed by atoms with Crippen molar-refractivity contribution in [3.63, 3.8) is 0 Å². The van der Waals surface area contributed by atoms with E-state index in [0.717, 1.165) is 50.3 Å². The Morgan fingerprint density at radius 1 is 1.36 bits per heavy atom. The van der Waals surface area contributed by atoms with Gasteiger partial charge >= 0.3 is 0 Å². The molecule has 1 saturated heterocycles. The van der Waals surface area contributed by atoms with Crippen LogP contribution in [0.25, 0.3) is 0 Å². The van der Waals surface area contributed by atoms with Crippen LogP contribution in [0.3, 0.4) is 0 Å². The van der Waals surface area contributed by atoms with Crippen LogP contribution in [0.1, 0.15) is 42.2 Å². The second-order valence-electron chi connectivity index (χ2n) is 7.34. The minimum atomic E-state index is 0.163. The first kappa shape index (κ1) is 16.7. The molecule has 2 N–H and O–H groups in total. The summed E-state index contributed by atoms with van der Waals surface area (Å²) in [6.07, 6.45) is 7.12. The zero-order valence-corrected chi connectivity index (χ0v) is 15.5. The van der Waals surface area contributed by atoms with Crippen molar-refractivity contribution in [2.45, 2.75) is 39.0 Å². The van der Waals surface area contributed by atoms with Crippen LogP contribution in [0.5, 0.6) is 0 Å². The monoisotopic (exact) mass is 355 g/mol. The Balaban J connectivity index is 1.36. The van der Waals surface area contributed by atoms with Gasteiger partial charge in [0.05, 0.1) is 0 Å². The predicted octanol–water partition coefficient (Wildman–Crippen LogP) is 3.62. The van der Waals surface area contributed by atoms with Crippen molar-refractivity contribution in [1.82, 2.24) is 10.3 Å². The molecule has 1 aromatic heterocycles. The number of thiazole rings is 1. The fourth-order valence-corrected chi connectivity index (χ4v) is 4.85. The summed E-state index contributed by atoms with van der Waals surface area (Å²) < 4.78 is 0. The number of benzene rings is 1. The molecule has 1 amide bonds. The lowest BCUT2D eigenvalue weighted by Crippen LogP contribution is -2.31. The third-order valence-corrected chi connectivity index (χ3v) is 6.58. The molecule has 1 atom stereocenters. The van der Waals surface area contributed by atoms with Crippen LogP contribution in [0.15, 0.2) is 30.5 Å². The maximum absolute atomic E-state index is 12.5. The van der Waals surface area contributed by atoms with E-state index in [2.05, 4.69) is 46.8 Å². The Morgan fingerprint density at radius 3 is 2.96 bits per heavy atom. The SMILES string of the molecule is CCc1cccc(Cc2cnc(NC(=O)C3CC34CCNCC4)s2)c1. The average Bonchev–Trinajstić information content (AvgIpc) is 3.14. The normalized spacial score (nSPS) is 21.2. The zero-order chi connectivity index (χ0) is 17.3. The third kappa shape index (κ3) is 3.62. The molecule has 1 aliphatic heterocycles. The number of nitrogens with zero attached hydrogens (tertiary/aromatic N) is 1. The van der Waals surface area contributed by atoms with Crippen LogP contribution in [0.4, 0.5) is 5.13 Å². The molecule has 2 fully saturated rings. The topological polar surface area (TPSA) is 54.0 Å². The summed E-state index contributed by atoms with van der Waals surface area (Å²) >= 11 is 1.59. The Labute approximate surface area is 153 Å². The van der Waals surface area contributed by atoms with Crippen molar-refractivity contribution < 1.29 is 4.79 Å². The van der Waals surface area contributed by atoms with Gasteiger partial charge < -0.3 is 10.6 Å². The van der Waals surface area contributed by atoms with Gasteiger partial charge in [-0.15, -0.1) is 11.3 Å². The van der Waals surface area contributed by atoms with E-state index < -0.39 is 0 Å². The summed E-state index contributed by atoms with van der Waals surface area (Å²) in [5.74, 6) is 0.346. The van der Waals surface area contributed by atoms with Crippen LogP contribution in [0.2, 0.25) is 0 Å². The largest absolute Gasteiger partial charge is 0.317 e. The maximum atomic E-state index is 12.5. The Morgan fingerprint density at radius 2 is 2.16 bits per heavy atom. The molecule has 1 aromatic carbocycles. The fraction of sp³-hybridized carbons (Fsp3) is 0.500. The van der Waals surface area contributed by atoms with Gasteiger partial charge in [0.2, 0.25) is 5.91 Å². The van der Waals surface area contributed by atoms with Gasteiger partial charge in [0.25, 0.3) is 0 Å². The van der Waals surface area contributed by atoms with Crippen molar-refractivity contribution >= 4 is 22.4 Å². The maximum Gasteiger partial charge on any atom is 0.229 e. The van der Waals surface area contributed by atoms with Crippen LogP contribution >= 0.6 is 11.3 Å². The van der Waals surface area contributed by atoms with Gasteiger partial charge in [-0.1, -0.05) is 31.2 Å². The molecule has 132 valence electrons. The molecule has 4 nitrogen and oxygen atoms in total. The minimum Gasteiger partial charge on any atom is -0.317 e. The van der Waals surface area contributed by atoms with E-state index in [0.29, 0.717) is 0 Å². The molecule has 4 rings (SSSR count). The Bertz CT molecular complexity index is 764. The number of hydrogen-bond acceptors (Lipinski definition) is 4. The molecular weight excluding hydrogens is 330 g/mol. The smallest absolute Gasteiger partial charge is 0.229 e. The van der Waals surface area contributed by atoms with E-state index in [-0.39, 0.29) is 17.2 Å². The van der Waals surface area contributed by atoms with Gasteiger partial charge in [0.15, 0.2) is 5.13 Å². The van der Waals surface area contributed by atoms with Gasteiger partial charge in [0, 0.05) is 23.4 Å². The van der Waals surface area contributed by atoms with Crippen LogP contribution in [0, 0.1) is 11.3 Å². The van der Waals surface area contributed by atoms with Gasteiger partial charge in [-0.25, -0.2) is 4.98 Å². The van der Waals surface area contributed by atoms with E-state index in [9.17, 15) is 4.79 Å². The fourth-order valence-electron chi connectivity index (χ4n) is 4.00. The van der Waals surface area contributed by atoms with Crippen LogP contribution in [-0.2, 0) is 17.6 Å². The summed E-state index contributed by atoms with van der Waals surface area (Å²) in [4.78, 5) is 18.1. The first-order valence-electron chi connectivity index (χ1n) is 9.23. The summed E-state index contributed by atoms with van der Waals surface area (Å²) in [6.45, 7) is 4.26. The van der Waals surface area contributed by atoms with E-state index in [1.807, 2.05) is 6.20 Å². The van der Waals surface area contributed by atoms with Gasteiger partial charge in [-0.05, 0) is 55.3 Å². The first-order chi connectivity index (χ1) is 12.2. The van der Waals surface area contributed by atoms with E-state index in [1.165, 1.54) is 16.0 Å². The molecule has 1 unspecified atom stereocenters. The Kier molecular flexibility index (Phi) is 4.61. The number of amides is 1. The second kappa shape index (κ2) is 6.89. The molecule has 25 heavy (non-hydrogen) atoms. The number of hydrogen-bond donors (Lipinski definition) is 2. The number of rotatable bonds is 5. The lowest BCUT2D eigenvalue weighted by Gasteiger charge is -2.22. The van der Waals surface area contributed by atoms with E-state index in [1.54, 1.807) is 11.3 Å². The molecule has 2 aromatic rings. The number of aromatic nitrogens is 1. The number of nitrogens with one attached hydrogen (secondary N) is 2. The van der Waals surface area contributed by atoms with Crippen LogP contribution < -0.4 is 10.6 Å². The lowest BCUT2D eigenvalue weighted by atomic mass is 9.92. The van der Waals surface area contributed by atoms with Gasteiger partial charge in [-0.3, -0.25) is 4.79 Å². The molecule has 1 saturated carbocycles. The van der Waals surface area contributed by atoms with Crippen molar-refractivity contribution in [2.24, 2.45) is 11.3 Å². The molecule has 1 spiro atoms. The quantitative estimate of drug-likeness (QED) is 0.861. The Hall–Kier alpha value is -1.72. The molecule has 1 aliphatic carbocycles. The summed E-state index contributed by atoms with van der Waals surface area (Å²) in [7, 11) is 0. The average molecular weight is 356 g/mol. The summed E-state index contributed by atoms with van der Waals surface area (Å²) in [6, 6.07) is 8.68. The van der Waals surface area contributed by atoms with Crippen LogP contribution in [-0.4, -0.2) is 24.0 Å². The summed E-state index contributed by atoms with van der Waals surface area (Å²) in [5, 5.41) is 7.17. The highest BCUT2D eigenvalue weighted by Crippen LogP contribution is 2.58.